The molecule has 0 radical (unpaired) electrons. The number of nitrogens with zero attached hydrogens (tertiary/aromatic N) is 2. The summed E-state index contributed by atoms with van der Waals surface area (Å²) in [6, 6.07) is 0. The van der Waals surface area contributed by atoms with Crippen molar-refractivity contribution in [2.24, 2.45) is 11.2 Å². The molecule has 0 amide bonds. The van der Waals surface area contributed by atoms with E-state index in [2.05, 4.69) is 14.8 Å². The molecule has 0 saturated carbocycles. The molecule has 8 nitrogen and oxygen atoms in total. The van der Waals surface area contributed by atoms with Gasteiger partial charge in [-0.15, -0.1) is 0 Å². The molecular formula is C11H20N2O6. The Bertz CT molecular complexity index is 348. The Hall–Kier alpha value is -1.86. The van der Waals surface area contributed by atoms with Gasteiger partial charge < -0.3 is 19.5 Å². The minimum Gasteiger partial charge on any atom is -0.596 e. The fourth-order valence-corrected chi connectivity index (χ4v) is 1.44. The van der Waals surface area contributed by atoms with Crippen molar-refractivity contribution in [2.75, 3.05) is 14.2 Å². The van der Waals surface area contributed by atoms with Crippen molar-refractivity contribution in [1.82, 2.24) is 0 Å². The Morgan fingerprint density at radius 2 is 1.53 bits per heavy atom. The average molecular weight is 276 g/mol. The molecule has 0 rings (SSSR count). The van der Waals surface area contributed by atoms with Crippen LogP contribution < -0.4 is 0 Å². The van der Waals surface area contributed by atoms with Gasteiger partial charge in [-0.2, -0.15) is 0 Å². The maximum atomic E-state index is 12.0. The summed E-state index contributed by atoms with van der Waals surface area (Å²) >= 11 is 0. The maximum absolute atomic E-state index is 12.0. The first-order chi connectivity index (χ1) is 8.74. The van der Waals surface area contributed by atoms with Crippen molar-refractivity contribution in [2.45, 2.75) is 39.3 Å². The van der Waals surface area contributed by atoms with E-state index in [1.54, 1.807) is 13.8 Å². The highest BCUT2D eigenvalue weighted by Gasteiger charge is 2.62. The zero-order chi connectivity index (χ0) is 15.2. The highest BCUT2D eigenvalue weighted by atomic mass is 16.7. The lowest BCUT2D eigenvalue weighted by Crippen LogP contribution is -2.58. The highest BCUT2D eigenvalue weighted by molar-refractivity contribution is 6.03. The van der Waals surface area contributed by atoms with Gasteiger partial charge in [-0.1, -0.05) is 13.8 Å². The molecule has 0 unspecified atom stereocenters. The van der Waals surface area contributed by atoms with Gasteiger partial charge in [0.15, 0.2) is 0 Å². The molecule has 0 aromatic rings. The van der Waals surface area contributed by atoms with Crippen LogP contribution in [0.25, 0.3) is 0 Å². The van der Waals surface area contributed by atoms with Crippen LogP contribution in [0.4, 0.5) is 0 Å². The maximum Gasteiger partial charge on any atom is 0.395 e. The molecular weight excluding hydrogens is 256 g/mol. The smallest absolute Gasteiger partial charge is 0.395 e. The van der Waals surface area contributed by atoms with Gasteiger partial charge in [0.1, 0.15) is 6.10 Å². The normalized spacial score (nSPS) is 12.5. The van der Waals surface area contributed by atoms with Gasteiger partial charge in [0, 0.05) is 5.92 Å². The van der Waals surface area contributed by atoms with Crippen LogP contribution >= 0.6 is 0 Å². The number of hydrogen-bond acceptors (Lipinski definition) is 7. The third-order valence-electron chi connectivity index (χ3n) is 2.46. The molecule has 0 spiro atoms. The van der Waals surface area contributed by atoms with Gasteiger partial charge in [-0.3, -0.25) is 0 Å². The van der Waals surface area contributed by atoms with E-state index in [1.807, 2.05) is 0 Å². The highest BCUT2D eigenvalue weighted by Crippen LogP contribution is 2.25. The lowest BCUT2D eigenvalue weighted by molar-refractivity contribution is -0.617. The fourth-order valence-electron chi connectivity index (χ4n) is 1.44. The molecule has 0 N–H and O–H groups in total. The van der Waals surface area contributed by atoms with Gasteiger partial charge in [0.05, 0.1) is 14.2 Å². The zero-order valence-electron chi connectivity index (χ0n) is 12.0. The summed E-state index contributed by atoms with van der Waals surface area (Å²) in [7, 11) is 2.14. The van der Waals surface area contributed by atoms with Crippen LogP contribution in [-0.4, -0.2) is 42.7 Å². The molecule has 0 aliphatic heterocycles. The summed E-state index contributed by atoms with van der Waals surface area (Å²) in [5, 5.41) is 15.3. The van der Waals surface area contributed by atoms with E-state index in [-0.39, 0.29) is 11.0 Å². The molecule has 0 aromatic carbocycles. The van der Waals surface area contributed by atoms with Crippen LogP contribution in [0.3, 0.4) is 0 Å². The van der Waals surface area contributed by atoms with E-state index in [1.165, 1.54) is 13.8 Å². The number of carbonyl (C=O) groups excluding carboxylic acids is 2. The molecule has 8 heteroatoms. The number of hydrogen-bond donors (Lipinski definition) is 0. The molecule has 0 aliphatic rings. The molecule has 0 fully saturated rings. The van der Waals surface area contributed by atoms with Gasteiger partial charge in [-0.05, 0) is 18.7 Å². The average Bonchev–Trinajstić information content (AvgIpc) is 2.35. The van der Waals surface area contributed by atoms with Crippen LogP contribution in [0, 0.1) is 11.1 Å². The predicted octanol–water partition coefficient (Wildman–Crippen LogP) is 1.03. The minimum atomic E-state index is -2.22. The fraction of sp³-hybridized carbons (Fsp3) is 0.818. The number of esters is 2. The number of rotatable bonds is 6. The molecule has 0 bridgehead atoms. The van der Waals surface area contributed by atoms with E-state index in [9.17, 15) is 14.8 Å². The first-order valence-corrected chi connectivity index (χ1v) is 5.76. The SMILES string of the molecule is COC(=O)C(C(=O)OC)(C(C)C)/[N+]([O-])=N/OC(C)C. The lowest BCUT2D eigenvalue weighted by Gasteiger charge is -2.26. The van der Waals surface area contributed by atoms with Crippen molar-refractivity contribution in [3.05, 3.63) is 5.21 Å². The Kier molecular flexibility index (Phi) is 6.23. The van der Waals surface area contributed by atoms with E-state index in [4.69, 9.17) is 4.84 Å². The van der Waals surface area contributed by atoms with Gasteiger partial charge in [0.25, 0.3) is 0 Å². The second kappa shape index (κ2) is 6.91. The third kappa shape index (κ3) is 3.33. The van der Waals surface area contributed by atoms with Crippen LogP contribution in [0.2, 0.25) is 0 Å². The largest absolute Gasteiger partial charge is 0.596 e. The molecule has 0 atom stereocenters. The Balaban J connectivity index is 5.78. The van der Waals surface area contributed by atoms with Crippen molar-refractivity contribution in [3.63, 3.8) is 0 Å². The monoisotopic (exact) mass is 276 g/mol. The number of methoxy groups -OCH3 is 2. The van der Waals surface area contributed by atoms with E-state index in [0.29, 0.717) is 0 Å². The summed E-state index contributed by atoms with van der Waals surface area (Å²) in [4.78, 5) is 28.4. The van der Waals surface area contributed by atoms with Crippen molar-refractivity contribution < 1.29 is 28.8 Å². The van der Waals surface area contributed by atoms with E-state index in [0.717, 1.165) is 14.2 Å². The van der Waals surface area contributed by atoms with Crippen molar-refractivity contribution in [1.29, 1.82) is 0 Å². The summed E-state index contributed by atoms with van der Waals surface area (Å²) in [5.41, 5.74) is -2.22. The van der Waals surface area contributed by atoms with Crippen LogP contribution in [0.5, 0.6) is 0 Å². The zero-order valence-corrected chi connectivity index (χ0v) is 12.0. The molecule has 19 heavy (non-hydrogen) atoms. The van der Waals surface area contributed by atoms with Crippen LogP contribution in [0.15, 0.2) is 5.28 Å². The van der Waals surface area contributed by atoms with Gasteiger partial charge in [-0.25, -0.2) is 9.59 Å². The molecule has 110 valence electrons. The lowest BCUT2D eigenvalue weighted by atomic mass is 9.87. The number of ether oxygens (including phenoxy) is 2. The molecule has 0 aromatic heterocycles. The van der Waals surface area contributed by atoms with E-state index < -0.39 is 23.4 Å². The Morgan fingerprint density at radius 3 is 1.79 bits per heavy atom. The van der Waals surface area contributed by atoms with Crippen LogP contribution in [0.1, 0.15) is 27.7 Å². The second-order valence-electron chi connectivity index (χ2n) is 4.41. The number of carbonyl (C=O) groups is 2. The first-order valence-electron chi connectivity index (χ1n) is 5.76. The van der Waals surface area contributed by atoms with Gasteiger partial charge >= 0.3 is 17.5 Å². The van der Waals surface area contributed by atoms with Crippen LogP contribution in [-0.2, 0) is 23.9 Å². The molecule has 0 aliphatic carbocycles. The van der Waals surface area contributed by atoms with Crippen molar-refractivity contribution >= 4 is 11.9 Å². The summed E-state index contributed by atoms with van der Waals surface area (Å²) in [5.74, 6) is -2.84. The Morgan fingerprint density at radius 1 is 1.11 bits per heavy atom. The topological polar surface area (TPSA) is 100 Å². The summed E-state index contributed by atoms with van der Waals surface area (Å²) in [6.45, 7) is 6.29. The third-order valence-corrected chi connectivity index (χ3v) is 2.46. The second-order valence-corrected chi connectivity index (χ2v) is 4.41. The minimum absolute atomic E-state index is 0.102. The number of hydroxylamine groups is 1. The summed E-state index contributed by atoms with van der Waals surface area (Å²) in [6.07, 6.45) is -0.378. The molecule has 0 heterocycles. The predicted molar refractivity (Wildman–Crippen MR) is 63.9 cm³/mol. The quantitative estimate of drug-likeness (QED) is 0.236. The first kappa shape index (κ1) is 17.1. The van der Waals surface area contributed by atoms with Crippen molar-refractivity contribution in [3.8, 4) is 0 Å². The van der Waals surface area contributed by atoms with E-state index >= 15 is 0 Å². The summed E-state index contributed by atoms with van der Waals surface area (Å²) < 4.78 is 9.06. The standard InChI is InChI=1S/C11H20N2O6/c1-7(2)11(9(14)17-5,10(15)18-6)13(16)12-19-8(3)4/h7-8H,1-6H3/b13-12-. The Labute approximate surface area is 111 Å². The molecule has 0 saturated heterocycles. The van der Waals surface area contributed by atoms with Gasteiger partial charge in [0.2, 0.25) is 5.28 Å².